The molecule has 120 valence electrons. The minimum absolute atomic E-state index is 0.0714. The fraction of sp³-hybridized carbons (Fsp3) is 0.357. The number of carboxylic acid groups (broad SMARTS) is 1. The summed E-state index contributed by atoms with van der Waals surface area (Å²) >= 11 is 0. The van der Waals surface area contributed by atoms with Crippen molar-refractivity contribution in [3.63, 3.8) is 0 Å². The van der Waals surface area contributed by atoms with Crippen molar-refractivity contribution in [2.24, 2.45) is 11.5 Å². The molecule has 0 radical (unpaired) electrons. The molecule has 0 fully saturated rings. The molecule has 8 heteroatoms. The van der Waals surface area contributed by atoms with Gasteiger partial charge in [-0.1, -0.05) is 30.3 Å². The highest BCUT2D eigenvalue weighted by molar-refractivity contribution is 5.79. The summed E-state index contributed by atoms with van der Waals surface area (Å²) in [5.41, 5.74) is 11.3. The molecule has 1 unspecified atom stereocenters. The summed E-state index contributed by atoms with van der Waals surface area (Å²) in [5.74, 6) is -1.05. The molecule has 8 nitrogen and oxygen atoms in total. The van der Waals surface area contributed by atoms with Gasteiger partial charge in [-0.2, -0.15) is 0 Å². The van der Waals surface area contributed by atoms with Gasteiger partial charge in [0.15, 0.2) is 0 Å². The molecule has 7 N–H and O–H groups in total. The first-order valence-electron chi connectivity index (χ1n) is 6.81. The monoisotopic (exact) mass is 309 g/mol. The zero-order chi connectivity index (χ0) is 16.4. The third kappa shape index (κ3) is 7.13. The van der Waals surface area contributed by atoms with Crippen LogP contribution in [0, 0.1) is 0 Å². The zero-order valence-corrected chi connectivity index (χ0v) is 12.1. The number of amides is 1. The Morgan fingerprint density at radius 1 is 1.27 bits per heavy atom. The van der Waals surface area contributed by atoms with E-state index in [0.29, 0.717) is 13.0 Å². The van der Waals surface area contributed by atoms with Crippen LogP contribution in [0.3, 0.4) is 0 Å². The van der Waals surface area contributed by atoms with Gasteiger partial charge in [0.05, 0.1) is 6.54 Å². The molecule has 0 aromatic heterocycles. The maximum Gasteiger partial charge on any atom is 0.408 e. The lowest BCUT2D eigenvalue weighted by atomic mass is 10.1. The number of aliphatic carboxylic acids is 1. The van der Waals surface area contributed by atoms with Crippen molar-refractivity contribution in [2.45, 2.75) is 25.5 Å². The number of alkyl carbamates (subject to hydrolysis) is 1. The molecule has 1 aromatic rings. The first kappa shape index (κ1) is 17.3. The van der Waals surface area contributed by atoms with E-state index in [9.17, 15) is 9.59 Å². The van der Waals surface area contributed by atoms with Gasteiger partial charge in [0.1, 0.15) is 12.6 Å². The predicted molar refractivity (Wildman–Crippen MR) is 79.6 cm³/mol. The Morgan fingerprint density at radius 3 is 2.55 bits per heavy atom. The number of nitrogens with two attached hydrogens (primary N) is 2. The maximum absolute atomic E-state index is 11.6. The van der Waals surface area contributed by atoms with Gasteiger partial charge in [-0.15, -0.1) is 0 Å². The summed E-state index contributed by atoms with van der Waals surface area (Å²) in [7, 11) is 0. The van der Waals surface area contributed by atoms with Crippen molar-refractivity contribution >= 4 is 18.0 Å². The Bertz CT molecular complexity index is 515. The highest BCUT2D eigenvalue weighted by Crippen LogP contribution is 2.02. The predicted octanol–water partition coefficient (Wildman–Crippen LogP) is -1.50. The Hall–Kier alpha value is -2.77. The van der Waals surface area contributed by atoms with Crippen LogP contribution in [0.1, 0.15) is 18.4 Å². The smallest absolute Gasteiger partial charge is 0.408 e. The van der Waals surface area contributed by atoms with Gasteiger partial charge in [0, 0.05) is 0 Å². The van der Waals surface area contributed by atoms with Gasteiger partial charge in [0.25, 0.3) is 0 Å². The number of hydrogen-bond donors (Lipinski definition) is 5. The number of nitrogens with one attached hydrogen (secondary N) is 2. The third-order valence-corrected chi connectivity index (χ3v) is 2.80. The standard InChI is InChI=1S/C14H20N4O4/c15-13(16)17-8-4-7-11(12(19)20)18-14(21)22-9-10-5-2-1-3-6-10/h1-3,5-6,11H,4,7-9H2,(H,18,21)(H,19,20)(H4,15,16,17)/p+1. The summed E-state index contributed by atoms with van der Waals surface area (Å²) in [6.07, 6.45) is -0.0572. The van der Waals surface area contributed by atoms with E-state index in [-0.39, 0.29) is 19.0 Å². The molecule has 0 aliphatic heterocycles. The normalized spacial score (nSPS) is 11.3. The van der Waals surface area contributed by atoms with Crippen LogP contribution in [0.5, 0.6) is 0 Å². The van der Waals surface area contributed by atoms with Gasteiger partial charge in [0.2, 0.25) is 0 Å². The number of hydrogen-bond acceptors (Lipinski definition) is 3. The van der Waals surface area contributed by atoms with Crippen molar-refractivity contribution in [3.8, 4) is 0 Å². The zero-order valence-electron chi connectivity index (χ0n) is 12.1. The van der Waals surface area contributed by atoms with Gasteiger partial charge in [-0.05, 0) is 18.4 Å². The van der Waals surface area contributed by atoms with Gasteiger partial charge in [-0.3, -0.25) is 16.5 Å². The summed E-state index contributed by atoms with van der Waals surface area (Å²) in [6.45, 7) is 0.506. The Balaban J connectivity index is 2.37. The molecule has 1 atom stereocenters. The van der Waals surface area contributed by atoms with Gasteiger partial charge in [-0.25, -0.2) is 9.59 Å². The first-order valence-corrected chi connectivity index (χ1v) is 6.81. The minimum atomic E-state index is -1.12. The summed E-state index contributed by atoms with van der Waals surface area (Å²) < 4.78 is 4.98. The molecular formula is C14H21N4O4+. The van der Waals surface area contributed by atoms with Crippen molar-refractivity contribution in [1.82, 2.24) is 5.32 Å². The molecule has 0 aliphatic carbocycles. The molecule has 0 saturated heterocycles. The van der Waals surface area contributed by atoms with E-state index in [1.807, 2.05) is 18.2 Å². The molecule has 1 amide bonds. The SMILES string of the molecule is NC(N)=[NH+]CCCC(NC(=O)OCc1ccccc1)C(=O)O. The summed E-state index contributed by atoms with van der Waals surface area (Å²) in [6, 6.07) is 8.09. The molecule has 0 aliphatic rings. The van der Waals surface area contributed by atoms with Crippen LogP contribution in [0.25, 0.3) is 0 Å². The average molecular weight is 309 g/mol. The minimum Gasteiger partial charge on any atom is -0.480 e. The van der Waals surface area contributed by atoms with E-state index in [1.165, 1.54) is 0 Å². The lowest BCUT2D eigenvalue weighted by Crippen LogP contribution is -2.78. The lowest BCUT2D eigenvalue weighted by molar-refractivity contribution is -0.459. The summed E-state index contributed by atoms with van der Waals surface area (Å²) in [4.78, 5) is 25.4. The number of rotatable bonds is 8. The van der Waals surface area contributed by atoms with E-state index >= 15 is 0 Å². The van der Waals surface area contributed by atoms with Crippen LogP contribution in [0.15, 0.2) is 30.3 Å². The summed E-state index contributed by atoms with van der Waals surface area (Å²) in [5, 5.41) is 11.4. The average Bonchev–Trinajstić information content (AvgIpc) is 2.48. The Kier molecular flexibility index (Phi) is 7.24. The molecule has 0 saturated carbocycles. The molecule has 1 aromatic carbocycles. The van der Waals surface area contributed by atoms with Crippen molar-refractivity contribution in [1.29, 1.82) is 0 Å². The molecule has 0 bridgehead atoms. The molecule has 22 heavy (non-hydrogen) atoms. The number of carboxylic acids is 1. The molecular weight excluding hydrogens is 288 g/mol. The number of carbonyl (C=O) groups excluding carboxylic acids is 1. The van der Waals surface area contributed by atoms with Crippen molar-refractivity contribution < 1.29 is 24.4 Å². The highest BCUT2D eigenvalue weighted by atomic mass is 16.5. The van der Waals surface area contributed by atoms with Crippen LogP contribution >= 0.6 is 0 Å². The number of benzene rings is 1. The molecule has 0 spiro atoms. The number of carbonyl (C=O) groups is 2. The van der Waals surface area contributed by atoms with E-state index in [4.69, 9.17) is 21.3 Å². The van der Waals surface area contributed by atoms with Crippen molar-refractivity contribution in [3.05, 3.63) is 35.9 Å². The molecule has 1 rings (SSSR count). The van der Waals surface area contributed by atoms with Crippen LogP contribution in [0.4, 0.5) is 4.79 Å². The van der Waals surface area contributed by atoms with E-state index in [1.54, 1.807) is 12.1 Å². The van der Waals surface area contributed by atoms with E-state index in [0.717, 1.165) is 5.56 Å². The van der Waals surface area contributed by atoms with E-state index in [2.05, 4.69) is 10.3 Å². The topological polar surface area (TPSA) is 142 Å². The van der Waals surface area contributed by atoms with Gasteiger partial charge >= 0.3 is 18.0 Å². The van der Waals surface area contributed by atoms with Gasteiger partial charge < -0.3 is 15.2 Å². The number of ether oxygens (including phenoxy) is 1. The Labute approximate surface area is 128 Å². The molecule has 0 heterocycles. The second-order valence-electron chi connectivity index (χ2n) is 4.62. The Morgan fingerprint density at radius 2 is 1.95 bits per heavy atom. The maximum atomic E-state index is 11.6. The van der Waals surface area contributed by atoms with Crippen molar-refractivity contribution in [2.75, 3.05) is 6.54 Å². The van der Waals surface area contributed by atoms with Crippen LogP contribution in [-0.4, -0.2) is 35.7 Å². The van der Waals surface area contributed by atoms with Crippen LogP contribution in [0.2, 0.25) is 0 Å². The highest BCUT2D eigenvalue weighted by Gasteiger charge is 2.20. The fourth-order valence-corrected chi connectivity index (χ4v) is 1.70. The second-order valence-corrected chi connectivity index (χ2v) is 4.62. The lowest BCUT2D eigenvalue weighted by Gasteiger charge is -2.14. The quantitative estimate of drug-likeness (QED) is 0.225. The fourth-order valence-electron chi connectivity index (χ4n) is 1.70. The number of guanidine groups is 1. The second kappa shape index (κ2) is 9.22. The first-order chi connectivity index (χ1) is 10.5. The van der Waals surface area contributed by atoms with Crippen LogP contribution < -0.4 is 21.8 Å². The van der Waals surface area contributed by atoms with E-state index < -0.39 is 18.1 Å². The third-order valence-electron chi connectivity index (χ3n) is 2.80. The van der Waals surface area contributed by atoms with Crippen LogP contribution in [-0.2, 0) is 16.1 Å². The largest absolute Gasteiger partial charge is 0.480 e.